The molecular formula is C41H54ClHgN9O8. The van der Waals surface area contributed by atoms with Gasteiger partial charge < -0.3 is 27.2 Å². The number of carbonyl (C=O) groups is 3. The van der Waals surface area contributed by atoms with E-state index in [2.05, 4.69) is 145 Å². The van der Waals surface area contributed by atoms with Crippen LogP contribution in [0.2, 0.25) is 3.93 Å². The smallest absolute Gasteiger partial charge is 0.332 e. The molecule has 0 spiro atoms. The molecule has 19 heteroatoms. The van der Waals surface area contributed by atoms with Crippen LogP contribution in [0.1, 0.15) is 24.0 Å². The number of carboxylic acids is 1. The number of hydrogen-bond donors (Lipinski definition) is 5. The SMILES string of the molecule is CN(C)c1ccc(C(=C2C=CC(=[N+](C)C)C=C2)c2ccc(N(C)C)cc2)cc1.COC(CNC(=O)NC(=O)CCC(=O)O)[CH2][Hg][OH].Cn1c(=O)c2[nH]cnc2n(C)c1=O.[Cl-]. The first kappa shape index (κ1) is 50.8. The van der Waals surface area contributed by atoms with Gasteiger partial charge in [-0.2, -0.15) is 0 Å². The second-order valence-electron chi connectivity index (χ2n) is 14.0. The van der Waals surface area contributed by atoms with E-state index >= 15 is 0 Å². The van der Waals surface area contributed by atoms with Gasteiger partial charge in [-0.15, -0.1) is 0 Å². The van der Waals surface area contributed by atoms with Crippen LogP contribution in [0.5, 0.6) is 0 Å². The molecule has 1 aliphatic rings. The standard InChI is InChI=1S/C25H30N3.C9H15N2O5.C7H8N4O2.ClH.Hg.H2O/c1-26(2)22-13-7-19(8-14-22)25(20-9-15-23(16-10-20)27(3)4)21-11-17-24(18-12-21)28(5)6;1-6(16-2)5-10-9(15)11-7(12)3-4-8(13)14;1-10-5-4(8-3-9-5)6(12)11(2)7(10)13;;;/h7-18H,1-6H3;6H,1,3-5H2,2H3,(H,13,14)(H2,10,11,12,15);3H,1-2H3,(H,8,9);1H;;1H2/q+1;;;;+1;/p-2. The van der Waals surface area contributed by atoms with E-state index < -0.39 is 42.9 Å². The topological polar surface area (TPSA) is 207 Å². The maximum absolute atomic E-state index is 11.4. The van der Waals surface area contributed by atoms with Crippen LogP contribution in [0.4, 0.5) is 16.2 Å². The molecule has 0 bridgehead atoms. The molecular weight excluding hydrogens is 983 g/mol. The number of urea groups is 1. The third-order valence-electron chi connectivity index (χ3n) is 9.14. The molecule has 320 valence electrons. The number of nitrogens with zero attached hydrogens (tertiary/aromatic N) is 6. The van der Waals surface area contributed by atoms with Gasteiger partial charge in [0.15, 0.2) is 11.4 Å². The molecule has 1 unspecified atom stereocenters. The van der Waals surface area contributed by atoms with Gasteiger partial charge >= 0.3 is 123 Å². The second-order valence-corrected chi connectivity index (χ2v) is 18.0. The number of hydrogen-bond acceptors (Lipinski definition) is 10. The molecule has 1 aliphatic carbocycles. The largest absolute Gasteiger partial charge is 1.00 e. The van der Waals surface area contributed by atoms with Crippen LogP contribution in [0, 0.1) is 0 Å². The summed E-state index contributed by atoms with van der Waals surface area (Å²) < 4.78 is 19.0. The predicted octanol–water partition coefficient (Wildman–Crippen LogP) is -0.476. The molecule has 5 rings (SSSR count). The second kappa shape index (κ2) is 24.7. The number of ether oxygens (including phenoxy) is 1. The van der Waals surface area contributed by atoms with Gasteiger partial charge in [0.25, 0.3) is 5.56 Å². The number of aromatic nitrogens is 4. The summed E-state index contributed by atoms with van der Waals surface area (Å²) in [5.41, 5.74) is 8.54. The van der Waals surface area contributed by atoms with Crippen molar-refractivity contribution in [3.8, 4) is 0 Å². The number of anilines is 2. The summed E-state index contributed by atoms with van der Waals surface area (Å²) in [6.45, 7) is 0.203. The zero-order valence-corrected chi connectivity index (χ0v) is 41.8. The number of benzene rings is 2. The molecule has 2 aromatic heterocycles. The first-order valence-electron chi connectivity index (χ1n) is 18.7. The molecule has 2 aromatic carbocycles. The van der Waals surface area contributed by atoms with Gasteiger partial charge in [0.05, 0.1) is 6.33 Å². The molecule has 2 heterocycles. The number of nitrogens with one attached hydrogen (secondary N) is 3. The van der Waals surface area contributed by atoms with Crippen molar-refractivity contribution in [3.05, 3.63) is 117 Å². The number of aromatic amines is 1. The Morgan fingerprint density at radius 2 is 1.42 bits per heavy atom. The Hall–Kier alpha value is -5.36. The van der Waals surface area contributed by atoms with E-state index in [4.69, 9.17) is 12.9 Å². The molecule has 0 radical (unpaired) electrons. The summed E-state index contributed by atoms with van der Waals surface area (Å²) in [6, 6.07) is 16.9. The number of halogens is 1. The summed E-state index contributed by atoms with van der Waals surface area (Å²) in [7, 11) is 16.9. The number of allylic oxidation sites excluding steroid dienone is 5. The van der Waals surface area contributed by atoms with Crippen LogP contribution in [0.15, 0.2) is 94.3 Å². The normalized spacial score (nSPS) is 11.8. The first-order valence-corrected chi connectivity index (χ1v) is 25.1. The van der Waals surface area contributed by atoms with Crippen molar-refractivity contribution in [1.82, 2.24) is 29.7 Å². The average Bonchev–Trinajstić information content (AvgIpc) is 3.72. The minimum absolute atomic E-state index is 0. The number of H-pyrrole nitrogens is 1. The fourth-order valence-electron chi connectivity index (χ4n) is 5.66. The van der Waals surface area contributed by atoms with Gasteiger partial charge in [-0.3, -0.25) is 13.9 Å². The Kier molecular flexibility index (Phi) is 20.9. The molecule has 5 N–H and O–H groups in total. The van der Waals surface area contributed by atoms with Crippen LogP contribution in [-0.2, 0) is 53.5 Å². The summed E-state index contributed by atoms with van der Waals surface area (Å²) in [5.74, 6) is -1.74. The van der Waals surface area contributed by atoms with E-state index in [1.54, 1.807) is 7.05 Å². The Bertz CT molecular complexity index is 2250. The first-order chi connectivity index (χ1) is 28.0. The molecule has 0 saturated heterocycles. The van der Waals surface area contributed by atoms with Gasteiger partial charge in [0.2, 0.25) is 0 Å². The molecule has 0 fully saturated rings. The van der Waals surface area contributed by atoms with Crippen LogP contribution in [-0.4, -0.2) is 117 Å². The number of methoxy groups -OCH3 is 1. The number of amides is 3. The number of imide groups is 1. The Morgan fingerprint density at radius 3 is 1.87 bits per heavy atom. The molecule has 60 heavy (non-hydrogen) atoms. The van der Waals surface area contributed by atoms with E-state index in [9.17, 15) is 24.0 Å². The van der Waals surface area contributed by atoms with E-state index in [1.807, 2.05) is 5.32 Å². The average molecular weight is 1040 g/mol. The van der Waals surface area contributed by atoms with Crippen molar-refractivity contribution in [2.24, 2.45) is 14.1 Å². The number of carboxylic acid groups (broad SMARTS) is 1. The Balaban J connectivity index is 0.000000333. The third kappa shape index (κ3) is 14.7. The molecule has 1 atom stereocenters. The Labute approximate surface area is 368 Å². The minimum atomic E-state index is -1.81. The molecule has 17 nitrogen and oxygen atoms in total. The maximum atomic E-state index is 11.4. The summed E-state index contributed by atoms with van der Waals surface area (Å²) in [6.07, 6.45) is 9.37. The van der Waals surface area contributed by atoms with Gasteiger partial charge in [-0.1, -0.05) is 24.3 Å². The van der Waals surface area contributed by atoms with Gasteiger partial charge in [-0.25, -0.2) is 14.4 Å². The van der Waals surface area contributed by atoms with Crippen molar-refractivity contribution in [3.63, 3.8) is 0 Å². The number of imidazole rings is 1. The molecule has 0 aliphatic heterocycles. The number of aliphatic carboxylic acids is 1. The van der Waals surface area contributed by atoms with Crippen molar-refractivity contribution in [2.45, 2.75) is 22.9 Å². The minimum Gasteiger partial charge on any atom is -1.00 e. The van der Waals surface area contributed by atoms with Crippen LogP contribution in [0.25, 0.3) is 16.7 Å². The fourth-order valence-corrected chi connectivity index (χ4v) is 8.48. The fraction of sp³-hybridized carbons (Fsp3) is 0.341. The molecule has 3 amide bonds. The molecule has 0 saturated carbocycles. The summed E-state index contributed by atoms with van der Waals surface area (Å²) in [5, 5.41) is 12.8. The maximum Gasteiger partial charge on any atom is 0.332 e. The van der Waals surface area contributed by atoms with Crippen molar-refractivity contribution >= 4 is 51.7 Å². The van der Waals surface area contributed by atoms with Gasteiger partial charge in [0.1, 0.15) is 19.6 Å². The monoisotopic (exact) mass is 1040 g/mol. The number of rotatable bonds is 12. The van der Waals surface area contributed by atoms with Crippen LogP contribution < -0.4 is 44.1 Å². The van der Waals surface area contributed by atoms with E-state index in [1.165, 1.54) is 64.4 Å². The van der Waals surface area contributed by atoms with Crippen molar-refractivity contribution in [2.75, 3.05) is 65.7 Å². The summed E-state index contributed by atoms with van der Waals surface area (Å²) >= 11 is -1.81. The van der Waals surface area contributed by atoms with Crippen molar-refractivity contribution < 1.29 is 69.3 Å². The van der Waals surface area contributed by atoms with E-state index in [0.717, 1.165) is 4.57 Å². The Morgan fingerprint density at radius 1 is 0.883 bits per heavy atom. The van der Waals surface area contributed by atoms with Crippen LogP contribution in [0.3, 0.4) is 0 Å². The van der Waals surface area contributed by atoms with Gasteiger partial charge in [-0.05, 0) is 58.7 Å². The predicted molar refractivity (Wildman–Crippen MR) is 226 cm³/mol. The van der Waals surface area contributed by atoms with E-state index in [0.29, 0.717) is 15.1 Å². The quantitative estimate of drug-likeness (QED) is 0.0906. The van der Waals surface area contributed by atoms with E-state index in [-0.39, 0.29) is 49.1 Å². The number of fused-ring (bicyclic) bond motifs is 1. The number of carbonyl (C=O) groups excluding carboxylic acids is 2. The third-order valence-corrected chi connectivity index (χ3v) is 12.6. The van der Waals surface area contributed by atoms with Crippen molar-refractivity contribution in [1.29, 1.82) is 0 Å². The molecule has 4 aromatic rings. The van der Waals surface area contributed by atoms with Gasteiger partial charge in [0, 0.05) is 65.8 Å². The summed E-state index contributed by atoms with van der Waals surface area (Å²) in [4.78, 5) is 66.2. The number of aryl methyl sites for hydroxylation is 1. The zero-order valence-electron chi connectivity index (χ0n) is 35.5. The zero-order chi connectivity index (χ0) is 43.8. The van der Waals surface area contributed by atoms with Crippen LogP contribution >= 0.6 is 0 Å².